The quantitative estimate of drug-likeness (QED) is 0.569. The second-order valence-corrected chi connectivity index (χ2v) is 7.87. The fourth-order valence-electron chi connectivity index (χ4n) is 3.55. The van der Waals surface area contributed by atoms with Crippen LogP contribution in [0, 0.1) is 6.92 Å². The van der Waals surface area contributed by atoms with Crippen molar-refractivity contribution in [1.82, 2.24) is 19.5 Å². The van der Waals surface area contributed by atoms with E-state index >= 15 is 0 Å². The third kappa shape index (κ3) is 2.99. The van der Waals surface area contributed by atoms with E-state index in [1.54, 1.807) is 18.4 Å². The van der Waals surface area contributed by atoms with Crippen LogP contribution in [-0.2, 0) is 4.74 Å². The Morgan fingerprint density at radius 3 is 2.61 bits per heavy atom. The number of aromatic nitrogens is 3. The van der Waals surface area contributed by atoms with Gasteiger partial charge in [-0.05, 0) is 24.6 Å². The Morgan fingerprint density at radius 2 is 1.93 bits per heavy atom. The van der Waals surface area contributed by atoms with Gasteiger partial charge in [-0.25, -0.2) is 0 Å². The molecule has 0 bridgehead atoms. The van der Waals surface area contributed by atoms with Gasteiger partial charge in [-0.3, -0.25) is 4.90 Å². The smallest absolute Gasteiger partial charge is 0.230 e. The average molecular weight is 396 g/mol. The van der Waals surface area contributed by atoms with Crippen molar-refractivity contribution >= 4 is 16.3 Å². The van der Waals surface area contributed by atoms with Gasteiger partial charge in [0.15, 0.2) is 5.76 Å². The minimum atomic E-state index is -0.0648. The van der Waals surface area contributed by atoms with Crippen LogP contribution in [0.15, 0.2) is 47.1 Å². The summed E-state index contributed by atoms with van der Waals surface area (Å²) in [5, 5.41) is 15.4. The monoisotopic (exact) mass is 396 g/mol. The second-order valence-electron chi connectivity index (χ2n) is 6.86. The van der Waals surface area contributed by atoms with Gasteiger partial charge in [-0.15, -0.1) is 5.10 Å². The molecule has 144 valence electrons. The zero-order chi connectivity index (χ0) is 19.1. The Morgan fingerprint density at radius 1 is 1.14 bits per heavy atom. The van der Waals surface area contributed by atoms with E-state index in [4.69, 9.17) is 9.15 Å². The summed E-state index contributed by atoms with van der Waals surface area (Å²) in [5.74, 6) is 1.18. The van der Waals surface area contributed by atoms with E-state index in [-0.39, 0.29) is 11.9 Å². The molecule has 5 rings (SSSR count). The fraction of sp³-hybridized carbons (Fsp3) is 0.300. The predicted octanol–water partition coefficient (Wildman–Crippen LogP) is 3.49. The fourth-order valence-corrected chi connectivity index (χ4v) is 4.67. The van der Waals surface area contributed by atoms with Crippen LogP contribution in [0.5, 0.6) is 5.88 Å². The molecule has 1 atom stereocenters. The number of thiazole rings is 1. The Kier molecular flexibility index (Phi) is 4.38. The molecule has 0 radical (unpaired) electrons. The molecule has 7 nitrogen and oxygen atoms in total. The van der Waals surface area contributed by atoms with Gasteiger partial charge >= 0.3 is 0 Å². The number of furan rings is 1. The van der Waals surface area contributed by atoms with Gasteiger partial charge in [0.05, 0.1) is 30.4 Å². The normalized spacial score (nSPS) is 16.6. The molecule has 1 aliphatic heterocycles. The third-order valence-electron chi connectivity index (χ3n) is 4.99. The van der Waals surface area contributed by atoms with Crippen molar-refractivity contribution in [2.45, 2.75) is 13.0 Å². The highest BCUT2D eigenvalue weighted by Gasteiger charge is 2.30. The van der Waals surface area contributed by atoms with Crippen molar-refractivity contribution in [3.05, 3.63) is 58.7 Å². The van der Waals surface area contributed by atoms with Gasteiger partial charge in [0, 0.05) is 13.1 Å². The number of morpholine rings is 1. The first kappa shape index (κ1) is 17.4. The number of ether oxygens (including phenoxy) is 1. The number of nitrogens with zero attached hydrogens (tertiary/aromatic N) is 4. The van der Waals surface area contributed by atoms with Gasteiger partial charge in [0.1, 0.15) is 0 Å². The van der Waals surface area contributed by atoms with E-state index in [9.17, 15) is 5.11 Å². The minimum absolute atomic E-state index is 0.0648. The zero-order valence-corrected chi connectivity index (χ0v) is 16.2. The first-order valence-corrected chi connectivity index (χ1v) is 10.0. The highest BCUT2D eigenvalue weighted by Crippen LogP contribution is 2.40. The maximum atomic E-state index is 11.0. The topological polar surface area (TPSA) is 76.0 Å². The molecule has 4 aromatic rings. The van der Waals surface area contributed by atoms with Crippen molar-refractivity contribution in [2.75, 3.05) is 26.3 Å². The summed E-state index contributed by atoms with van der Waals surface area (Å²) in [6, 6.07) is 12.0. The van der Waals surface area contributed by atoms with Gasteiger partial charge in [0.2, 0.25) is 16.7 Å². The van der Waals surface area contributed by atoms with Crippen molar-refractivity contribution < 1.29 is 14.3 Å². The largest absolute Gasteiger partial charge is 0.492 e. The lowest BCUT2D eigenvalue weighted by molar-refractivity contribution is 0.0241. The lowest BCUT2D eigenvalue weighted by Crippen LogP contribution is -2.39. The summed E-state index contributed by atoms with van der Waals surface area (Å²) < 4.78 is 12.4. The van der Waals surface area contributed by atoms with Crippen molar-refractivity contribution in [2.24, 2.45) is 0 Å². The van der Waals surface area contributed by atoms with E-state index in [0.717, 1.165) is 23.5 Å². The Bertz CT molecular complexity index is 1080. The van der Waals surface area contributed by atoms with E-state index in [2.05, 4.69) is 46.2 Å². The Balaban J connectivity index is 1.59. The molecule has 1 aliphatic rings. The second kappa shape index (κ2) is 7.05. The third-order valence-corrected chi connectivity index (χ3v) is 6.07. The van der Waals surface area contributed by atoms with Crippen LogP contribution in [0.1, 0.15) is 22.0 Å². The molecule has 1 saturated heterocycles. The van der Waals surface area contributed by atoms with E-state index < -0.39 is 0 Å². The molecule has 3 aromatic heterocycles. The molecule has 8 heteroatoms. The summed E-state index contributed by atoms with van der Waals surface area (Å²) in [7, 11) is 0. The predicted molar refractivity (Wildman–Crippen MR) is 106 cm³/mol. The molecule has 1 fully saturated rings. The maximum Gasteiger partial charge on any atom is 0.230 e. The van der Waals surface area contributed by atoms with Crippen LogP contribution in [0.3, 0.4) is 0 Å². The first-order chi connectivity index (χ1) is 13.7. The van der Waals surface area contributed by atoms with E-state index in [1.807, 2.05) is 0 Å². The number of rotatable bonds is 4. The summed E-state index contributed by atoms with van der Waals surface area (Å²) in [4.78, 5) is 8.37. The Hall–Kier alpha value is -2.68. The molecule has 0 saturated carbocycles. The van der Waals surface area contributed by atoms with Gasteiger partial charge in [0.25, 0.3) is 0 Å². The molecule has 0 amide bonds. The molecule has 1 aromatic carbocycles. The zero-order valence-electron chi connectivity index (χ0n) is 15.4. The van der Waals surface area contributed by atoms with Crippen LogP contribution >= 0.6 is 11.3 Å². The number of benzene rings is 1. The summed E-state index contributed by atoms with van der Waals surface area (Å²) in [6.07, 6.45) is 1.58. The lowest BCUT2D eigenvalue weighted by Gasteiger charge is -2.34. The molecule has 1 N–H and O–H groups in total. The number of aromatic hydroxyl groups is 1. The van der Waals surface area contributed by atoms with Crippen LogP contribution in [0.2, 0.25) is 0 Å². The lowest BCUT2D eigenvalue weighted by atomic mass is 10.0. The SMILES string of the molecule is Cc1ccc([C@@H](c2sc3nc(-c4ccco4)nn3c2O)N2CCOCC2)cc1. The average Bonchev–Trinajstić information content (AvgIpc) is 3.43. The molecule has 0 aliphatic carbocycles. The standard InChI is InChI=1S/C20H20N4O3S/c1-13-4-6-14(7-5-13)16(23-8-11-26-12-9-23)17-19(25)24-20(28-17)21-18(22-24)15-3-2-10-27-15/h2-7,10,16,25H,8-9,11-12H2,1H3/t16-/m0/s1. The van der Waals surface area contributed by atoms with Crippen molar-refractivity contribution in [1.29, 1.82) is 0 Å². The number of aryl methyl sites for hydroxylation is 1. The molecule has 4 heterocycles. The molecular formula is C20H20N4O3S. The van der Waals surface area contributed by atoms with Crippen LogP contribution in [0.4, 0.5) is 0 Å². The van der Waals surface area contributed by atoms with Gasteiger partial charge in [-0.2, -0.15) is 9.50 Å². The van der Waals surface area contributed by atoms with Crippen molar-refractivity contribution in [3.63, 3.8) is 0 Å². The number of hydrogen-bond donors (Lipinski definition) is 1. The summed E-state index contributed by atoms with van der Waals surface area (Å²) in [6.45, 7) is 5.07. The number of fused-ring (bicyclic) bond motifs is 1. The summed E-state index contributed by atoms with van der Waals surface area (Å²) >= 11 is 1.46. The number of hydrogen-bond acceptors (Lipinski definition) is 7. The maximum absolute atomic E-state index is 11.0. The highest BCUT2D eigenvalue weighted by molar-refractivity contribution is 7.17. The molecule has 0 spiro atoms. The Labute approximate surface area is 165 Å². The summed E-state index contributed by atoms with van der Waals surface area (Å²) in [5.41, 5.74) is 2.35. The van der Waals surface area contributed by atoms with Gasteiger partial charge < -0.3 is 14.3 Å². The van der Waals surface area contributed by atoms with E-state index in [1.165, 1.54) is 21.4 Å². The molecular weight excluding hydrogens is 376 g/mol. The van der Waals surface area contributed by atoms with Crippen LogP contribution in [-0.4, -0.2) is 50.9 Å². The van der Waals surface area contributed by atoms with E-state index in [0.29, 0.717) is 29.8 Å². The first-order valence-electron chi connectivity index (χ1n) is 9.21. The van der Waals surface area contributed by atoms with Crippen LogP contribution < -0.4 is 0 Å². The molecule has 0 unspecified atom stereocenters. The minimum Gasteiger partial charge on any atom is -0.492 e. The van der Waals surface area contributed by atoms with Gasteiger partial charge in [-0.1, -0.05) is 41.2 Å². The van der Waals surface area contributed by atoms with Crippen LogP contribution in [0.25, 0.3) is 16.5 Å². The highest BCUT2D eigenvalue weighted by atomic mass is 32.1. The van der Waals surface area contributed by atoms with Crippen molar-refractivity contribution in [3.8, 4) is 17.5 Å². The molecule has 28 heavy (non-hydrogen) atoms.